The molecule has 2 fully saturated rings. The normalized spacial score (nSPS) is 23.9. The van der Waals surface area contributed by atoms with Crippen LogP contribution in [0.5, 0.6) is 0 Å². The van der Waals surface area contributed by atoms with Gasteiger partial charge in [-0.2, -0.15) is 0 Å². The van der Waals surface area contributed by atoms with Gasteiger partial charge >= 0.3 is 0 Å². The van der Waals surface area contributed by atoms with E-state index in [1.807, 2.05) is 6.92 Å². The summed E-state index contributed by atoms with van der Waals surface area (Å²) >= 11 is 0. The van der Waals surface area contributed by atoms with Crippen molar-refractivity contribution in [2.45, 2.75) is 31.9 Å². The minimum Gasteiger partial charge on any atom is -0.377 e. The van der Waals surface area contributed by atoms with E-state index in [0.29, 0.717) is 19.7 Å². The molecule has 2 aliphatic heterocycles. The maximum absolute atomic E-state index is 12.3. The molecule has 2 rings (SSSR count). The standard InChI is InChI=1S/C14H25N3O4/c1-2-16-14(19)12-9-20-8-7-17(12)13(18)10-21-11-3-5-15-6-4-11/h11-12,15H,2-10H2,1H3,(H,16,19). The van der Waals surface area contributed by atoms with Crippen molar-refractivity contribution in [3.05, 3.63) is 0 Å². The number of hydrogen-bond acceptors (Lipinski definition) is 5. The van der Waals surface area contributed by atoms with Gasteiger partial charge in [-0.05, 0) is 32.9 Å². The molecule has 0 saturated carbocycles. The van der Waals surface area contributed by atoms with Crippen LogP contribution >= 0.6 is 0 Å². The van der Waals surface area contributed by atoms with E-state index in [0.717, 1.165) is 25.9 Å². The summed E-state index contributed by atoms with van der Waals surface area (Å²) in [5, 5.41) is 6.00. The van der Waals surface area contributed by atoms with Crippen molar-refractivity contribution in [3.63, 3.8) is 0 Å². The SMILES string of the molecule is CCNC(=O)C1COCCN1C(=O)COC1CCNCC1. The molecule has 0 spiro atoms. The van der Waals surface area contributed by atoms with Gasteiger partial charge in [-0.25, -0.2) is 0 Å². The van der Waals surface area contributed by atoms with Gasteiger partial charge < -0.3 is 25.0 Å². The Morgan fingerprint density at radius 1 is 1.38 bits per heavy atom. The third-order valence-corrected chi connectivity index (χ3v) is 3.83. The molecule has 1 unspecified atom stereocenters. The average molecular weight is 299 g/mol. The fraction of sp³-hybridized carbons (Fsp3) is 0.857. The van der Waals surface area contributed by atoms with Crippen LogP contribution in [0.3, 0.4) is 0 Å². The Hall–Kier alpha value is -1.18. The molecule has 1 atom stereocenters. The summed E-state index contributed by atoms with van der Waals surface area (Å²) in [5.41, 5.74) is 0. The van der Waals surface area contributed by atoms with E-state index in [1.165, 1.54) is 0 Å². The summed E-state index contributed by atoms with van der Waals surface area (Å²) in [4.78, 5) is 25.9. The fourth-order valence-electron chi connectivity index (χ4n) is 2.65. The Morgan fingerprint density at radius 3 is 2.86 bits per heavy atom. The first kappa shape index (κ1) is 16.2. The highest BCUT2D eigenvalue weighted by molar-refractivity contribution is 5.88. The Balaban J connectivity index is 1.84. The van der Waals surface area contributed by atoms with Crippen molar-refractivity contribution in [2.24, 2.45) is 0 Å². The molecule has 2 saturated heterocycles. The average Bonchev–Trinajstić information content (AvgIpc) is 2.54. The van der Waals surface area contributed by atoms with Gasteiger partial charge in [-0.3, -0.25) is 9.59 Å². The molecule has 0 bridgehead atoms. The van der Waals surface area contributed by atoms with Gasteiger partial charge in [0.25, 0.3) is 0 Å². The number of rotatable bonds is 5. The number of piperidine rings is 1. The molecule has 0 aromatic rings. The number of morpholine rings is 1. The van der Waals surface area contributed by atoms with Gasteiger partial charge in [0.1, 0.15) is 12.6 Å². The third kappa shape index (κ3) is 4.66. The van der Waals surface area contributed by atoms with Crippen molar-refractivity contribution in [3.8, 4) is 0 Å². The summed E-state index contributed by atoms with van der Waals surface area (Å²) < 4.78 is 11.0. The molecule has 7 heteroatoms. The quantitative estimate of drug-likeness (QED) is 0.689. The Labute approximate surface area is 125 Å². The predicted molar refractivity (Wildman–Crippen MR) is 76.8 cm³/mol. The third-order valence-electron chi connectivity index (χ3n) is 3.83. The van der Waals surface area contributed by atoms with E-state index >= 15 is 0 Å². The number of hydrogen-bond donors (Lipinski definition) is 2. The summed E-state index contributed by atoms with van der Waals surface area (Å²) in [6, 6.07) is -0.539. The second-order valence-electron chi connectivity index (χ2n) is 5.33. The molecule has 7 nitrogen and oxygen atoms in total. The Bertz CT molecular complexity index is 358. The highest BCUT2D eigenvalue weighted by Crippen LogP contribution is 2.11. The highest BCUT2D eigenvalue weighted by Gasteiger charge is 2.32. The zero-order valence-electron chi connectivity index (χ0n) is 12.6. The van der Waals surface area contributed by atoms with Gasteiger partial charge in [0.2, 0.25) is 11.8 Å². The first-order valence-electron chi connectivity index (χ1n) is 7.69. The van der Waals surface area contributed by atoms with E-state index in [2.05, 4.69) is 10.6 Å². The van der Waals surface area contributed by atoms with E-state index in [4.69, 9.17) is 9.47 Å². The monoisotopic (exact) mass is 299 g/mol. The van der Waals surface area contributed by atoms with Crippen LogP contribution in [-0.2, 0) is 19.1 Å². The van der Waals surface area contributed by atoms with Gasteiger partial charge in [0, 0.05) is 13.1 Å². The van der Waals surface area contributed by atoms with Crippen molar-refractivity contribution in [1.82, 2.24) is 15.5 Å². The fourth-order valence-corrected chi connectivity index (χ4v) is 2.65. The molecular weight excluding hydrogens is 274 g/mol. The lowest BCUT2D eigenvalue weighted by atomic mass is 10.1. The Kier molecular flexibility index (Phi) is 6.41. The maximum atomic E-state index is 12.3. The molecule has 0 aromatic heterocycles. The number of carbonyl (C=O) groups excluding carboxylic acids is 2. The number of likely N-dealkylation sites (N-methyl/N-ethyl adjacent to an activating group) is 1. The van der Waals surface area contributed by atoms with E-state index in [1.54, 1.807) is 4.90 Å². The summed E-state index contributed by atoms with van der Waals surface area (Å²) in [6.07, 6.45) is 1.99. The van der Waals surface area contributed by atoms with Crippen molar-refractivity contribution < 1.29 is 19.1 Å². The number of nitrogens with one attached hydrogen (secondary N) is 2. The molecule has 2 aliphatic rings. The van der Waals surface area contributed by atoms with Crippen molar-refractivity contribution in [1.29, 1.82) is 0 Å². The first-order valence-corrected chi connectivity index (χ1v) is 7.69. The molecule has 0 aromatic carbocycles. The maximum Gasteiger partial charge on any atom is 0.249 e. The molecule has 0 radical (unpaired) electrons. The molecule has 2 amide bonds. The predicted octanol–water partition coefficient (Wildman–Crippen LogP) is -0.881. The lowest BCUT2D eigenvalue weighted by Crippen LogP contribution is -2.56. The zero-order valence-corrected chi connectivity index (χ0v) is 12.6. The van der Waals surface area contributed by atoms with Gasteiger partial charge in [-0.1, -0.05) is 0 Å². The van der Waals surface area contributed by atoms with Crippen LogP contribution in [0.2, 0.25) is 0 Å². The van der Waals surface area contributed by atoms with Gasteiger partial charge in [-0.15, -0.1) is 0 Å². The van der Waals surface area contributed by atoms with E-state index in [-0.39, 0.29) is 31.1 Å². The largest absolute Gasteiger partial charge is 0.377 e. The van der Waals surface area contributed by atoms with Crippen molar-refractivity contribution >= 4 is 11.8 Å². The van der Waals surface area contributed by atoms with Gasteiger partial charge in [0.05, 0.1) is 19.3 Å². The zero-order chi connectivity index (χ0) is 15.1. The summed E-state index contributed by atoms with van der Waals surface area (Å²) in [7, 11) is 0. The smallest absolute Gasteiger partial charge is 0.249 e. The molecule has 0 aliphatic carbocycles. The number of ether oxygens (including phenoxy) is 2. The molecule has 120 valence electrons. The molecule has 2 N–H and O–H groups in total. The van der Waals surface area contributed by atoms with Gasteiger partial charge in [0.15, 0.2) is 0 Å². The minimum absolute atomic E-state index is 0.0422. The molecular formula is C14H25N3O4. The van der Waals surface area contributed by atoms with Crippen LogP contribution in [0.4, 0.5) is 0 Å². The van der Waals surface area contributed by atoms with E-state index < -0.39 is 6.04 Å². The van der Waals surface area contributed by atoms with Crippen molar-refractivity contribution in [2.75, 3.05) is 46.0 Å². The van der Waals surface area contributed by atoms with Crippen LogP contribution in [0.25, 0.3) is 0 Å². The molecule has 2 heterocycles. The first-order chi connectivity index (χ1) is 10.2. The van der Waals surface area contributed by atoms with Crippen LogP contribution in [-0.4, -0.2) is 74.9 Å². The lowest BCUT2D eigenvalue weighted by Gasteiger charge is -2.35. The molecule has 21 heavy (non-hydrogen) atoms. The topological polar surface area (TPSA) is 79.9 Å². The summed E-state index contributed by atoms with van der Waals surface area (Å²) in [5.74, 6) is -0.291. The van der Waals surface area contributed by atoms with E-state index in [9.17, 15) is 9.59 Å². The minimum atomic E-state index is -0.539. The lowest BCUT2D eigenvalue weighted by molar-refractivity contribution is -0.153. The highest BCUT2D eigenvalue weighted by atomic mass is 16.5. The number of amides is 2. The number of carbonyl (C=O) groups is 2. The second kappa shape index (κ2) is 8.31. The van der Waals surface area contributed by atoms with Crippen LogP contribution < -0.4 is 10.6 Å². The second-order valence-corrected chi connectivity index (χ2v) is 5.33. The number of nitrogens with zero attached hydrogens (tertiary/aromatic N) is 1. The van der Waals surface area contributed by atoms with Crippen LogP contribution in [0, 0.1) is 0 Å². The van der Waals surface area contributed by atoms with Crippen LogP contribution in [0.15, 0.2) is 0 Å². The summed E-state index contributed by atoms with van der Waals surface area (Å²) in [6.45, 7) is 5.46. The van der Waals surface area contributed by atoms with Crippen LogP contribution in [0.1, 0.15) is 19.8 Å². The Morgan fingerprint density at radius 2 is 2.14 bits per heavy atom.